The van der Waals surface area contributed by atoms with Crippen LogP contribution in [0.5, 0.6) is 0 Å². The lowest BCUT2D eigenvalue weighted by Crippen LogP contribution is -2.23. The fourth-order valence-electron chi connectivity index (χ4n) is 1.93. The van der Waals surface area contributed by atoms with Crippen molar-refractivity contribution < 1.29 is 10.2 Å². The van der Waals surface area contributed by atoms with Gasteiger partial charge in [-0.25, -0.2) is 4.98 Å². The van der Waals surface area contributed by atoms with Gasteiger partial charge in [-0.3, -0.25) is 0 Å². The SMILES string of the molecule is CC(O)c1cccnc1N1CCC(O)C1. The summed E-state index contributed by atoms with van der Waals surface area (Å²) < 4.78 is 0. The normalized spacial score (nSPS) is 23.1. The fourth-order valence-corrected chi connectivity index (χ4v) is 1.93. The van der Waals surface area contributed by atoms with E-state index in [-0.39, 0.29) is 6.10 Å². The van der Waals surface area contributed by atoms with Gasteiger partial charge >= 0.3 is 0 Å². The van der Waals surface area contributed by atoms with Crippen molar-refractivity contribution in [3.05, 3.63) is 23.9 Å². The van der Waals surface area contributed by atoms with Crippen LogP contribution >= 0.6 is 0 Å². The average Bonchev–Trinajstić information content (AvgIpc) is 2.65. The van der Waals surface area contributed by atoms with Gasteiger partial charge in [0.15, 0.2) is 0 Å². The number of hydrogen-bond donors (Lipinski definition) is 2. The number of nitrogens with zero attached hydrogens (tertiary/aromatic N) is 2. The summed E-state index contributed by atoms with van der Waals surface area (Å²) in [4.78, 5) is 6.29. The van der Waals surface area contributed by atoms with E-state index >= 15 is 0 Å². The predicted molar refractivity (Wildman–Crippen MR) is 57.7 cm³/mol. The third-order valence-corrected chi connectivity index (χ3v) is 2.73. The van der Waals surface area contributed by atoms with Crippen LogP contribution in [0, 0.1) is 0 Å². The maximum atomic E-state index is 9.60. The van der Waals surface area contributed by atoms with Gasteiger partial charge in [0.05, 0.1) is 12.2 Å². The Hall–Kier alpha value is -1.13. The van der Waals surface area contributed by atoms with Crippen LogP contribution in [0.4, 0.5) is 5.82 Å². The molecule has 15 heavy (non-hydrogen) atoms. The van der Waals surface area contributed by atoms with E-state index in [0.717, 1.165) is 24.3 Å². The van der Waals surface area contributed by atoms with Crippen molar-refractivity contribution in [2.24, 2.45) is 0 Å². The lowest BCUT2D eigenvalue weighted by molar-refractivity contribution is 0.195. The zero-order chi connectivity index (χ0) is 10.8. The van der Waals surface area contributed by atoms with Crippen LogP contribution < -0.4 is 4.90 Å². The van der Waals surface area contributed by atoms with Crippen LogP contribution in [0.25, 0.3) is 0 Å². The van der Waals surface area contributed by atoms with Crippen molar-refractivity contribution in [3.8, 4) is 0 Å². The van der Waals surface area contributed by atoms with Gasteiger partial charge in [-0.15, -0.1) is 0 Å². The molecule has 1 aromatic heterocycles. The molecule has 2 rings (SSSR count). The molecule has 2 heterocycles. The highest BCUT2D eigenvalue weighted by Crippen LogP contribution is 2.26. The van der Waals surface area contributed by atoms with Gasteiger partial charge in [0.1, 0.15) is 5.82 Å². The van der Waals surface area contributed by atoms with Gasteiger partial charge in [-0.2, -0.15) is 0 Å². The topological polar surface area (TPSA) is 56.6 Å². The monoisotopic (exact) mass is 208 g/mol. The molecule has 1 saturated heterocycles. The molecule has 2 N–H and O–H groups in total. The van der Waals surface area contributed by atoms with E-state index in [9.17, 15) is 10.2 Å². The first-order valence-electron chi connectivity index (χ1n) is 5.24. The Morgan fingerprint density at radius 2 is 2.40 bits per heavy atom. The molecule has 1 aliphatic rings. The first kappa shape index (κ1) is 10.4. The number of pyridine rings is 1. The predicted octanol–water partition coefficient (Wildman–Crippen LogP) is 0.706. The number of aliphatic hydroxyl groups excluding tert-OH is 2. The van der Waals surface area contributed by atoms with E-state index in [1.807, 2.05) is 17.0 Å². The number of aromatic nitrogens is 1. The number of anilines is 1. The summed E-state index contributed by atoms with van der Waals surface area (Å²) in [5, 5.41) is 19.1. The smallest absolute Gasteiger partial charge is 0.134 e. The van der Waals surface area contributed by atoms with Crippen molar-refractivity contribution in [1.82, 2.24) is 4.98 Å². The third-order valence-electron chi connectivity index (χ3n) is 2.73. The summed E-state index contributed by atoms with van der Waals surface area (Å²) in [7, 11) is 0. The minimum atomic E-state index is -0.522. The van der Waals surface area contributed by atoms with E-state index in [4.69, 9.17) is 0 Å². The van der Waals surface area contributed by atoms with Crippen LogP contribution in [0.15, 0.2) is 18.3 Å². The van der Waals surface area contributed by atoms with Gasteiger partial charge in [-0.05, 0) is 19.4 Å². The van der Waals surface area contributed by atoms with Crippen LogP contribution in [-0.2, 0) is 0 Å². The molecule has 0 amide bonds. The van der Waals surface area contributed by atoms with Gasteiger partial charge in [0, 0.05) is 24.8 Å². The molecule has 0 aromatic carbocycles. The van der Waals surface area contributed by atoms with E-state index in [1.54, 1.807) is 13.1 Å². The van der Waals surface area contributed by atoms with Crippen LogP contribution in [0.2, 0.25) is 0 Å². The zero-order valence-corrected chi connectivity index (χ0v) is 8.80. The van der Waals surface area contributed by atoms with Crippen molar-refractivity contribution in [1.29, 1.82) is 0 Å². The highest BCUT2D eigenvalue weighted by Gasteiger charge is 2.24. The Morgan fingerprint density at radius 3 is 3.00 bits per heavy atom. The molecule has 1 aromatic rings. The largest absolute Gasteiger partial charge is 0.391 e. The molecular formula is C11H16N2O2. The first-order chi connectivity index (χ1) is 7.18. The minimum absolute atomic E-state index is 0.270. The summed E-state index contributed by atoms with van der Waals surface area (Å²) in [5.74, 6) is 0.795. The molecule has 1 aliphatic heterocycles. The maximum absolute atomic E-state index is 9.60. The summed E-state index contributed by atoms with van der Waals surface area (Å²) in [6.45, 7) is 3.14. The second-order valence-electron chi connectivity index (χ2n) is 3.98. The third kappa shape index (κ3) is 2.11. The van der Waals surface area contributed by atoms with E-state index < -0.39 is 6.10 Å². The summed E-state index contributed by atoms with van der Waals surface area (Å²) >= 11 is 0. The number of aliphatic hydroxyl groups is 2. The molecule has 4 heteroatoms. The Balaban J connectivity index is 2.27. The maximum Gasteiger partial charge on any atom is 0.134 e. The van der Waals surface area contributed by atoms with Gasteiger partial charge in [0.25, 0.3) is 0 Å². The second-order valence-corrected chi connectivity index (χ2v) is 3.98. The standard InChI is InChI=1S/C11H16N2O2/c1-8(14)10-3-2-5-12-11(10)13-6-4-9(15)7-13/h2-3,5,8-9,14-15H,4,6-7H2,1H3. The Kier molecular flexibility index (Phi) is 2.88. The number of β-amino-alcohol motifs (C(OH)–C–C–N with tert-alkyl or cyclic N) is 1. The van der Waals surface area contributed by atoms with Gasteiger partial charge in [-0.1, -0.05) is 6.07 Å². The molecule has 4 nitrogen and oxygen atoms in total. The molecule has 82 valence electrons. The van der Waals surface area contributed by atoms with E-state index in [2.05, 4.69) is 4.98 Å². The summed E-state index contributed by atoms with van der Waals surface area (Å²) in [6, 6.07) is 3.69. The van der Waals surface area contributed by atoms with Crippen molar-refractivity contribution >= 4 is 5.82 Å². The van der Waals surface area contributed by atoms with Crippen molar-refractivity contribution in [2.45, 2.75) is 25.6 Å². The Bertz CT molecular complexity index is 341. The second kappa shape index (κ2) is 4.16. The highest BCUT2D eigenvalue weighted by molar-refractivity contribution is 5.48. The average molecular weight is 208 g/mol. The molecule has 0 spiro atoms. The Morgan fingerprint density at radius 1 is 1.60 bits per heavy atom. The number of hydrogen-bond acceptors (Lipinski definition) is 4. The molecule has 0 aliphatic carbocycles. The van der Waals surface area contributed by atoms with E-state index in [1.165, 1.54) is 0 Å². The van der Waals surface area contributed by atoms with Gasteiger partial charge < -0.3 is 15.1 Å². The quantitative estimate of drug-likeness (QED) is 0.751. The molecular weight excluding hydrogens is 192 g/mol. The molecule has 0 radical (unpaired) electrons. The van der Waals surface area contributed by atoms with Crippen molar-refractivity contribution in [3.63, 3.8) is 0 Å². The first-order valence-corrected chi connectivity index (χ1v) is 5.24. The summed E-state index contributed by atoms with van der Waals surface area (Å²) in [5.41, 5.74) is 0.826. The van der Waals surface area contributed by atoms with Crippen LogP contribution in [0.3, 0.4) is 0 Å². The fraction of sp³-hybridized carbons (Fsp3) is 0.545. The van der Waals surface area contributed by atoms with E-state index in [0.29, 0.717) is 6.54 Å². The molecule has 1 fully saturated rings. The molecule has 0 saturated carbocycles. The highest BCUT2D eigenvalue weighted by atomic mass is 16.3. The molecule has 2 unspecified atom stereocenters. The zero-order valence-electron chi connectivity index (χ0n) is 8.80. The van der Waals surface area contributed by atoms with Crippen LogP contribution in [-0.4, -0.2) is 34.4 Å². The van der Waals surface area contributed by atoms with Crippen LogP contribution in [0.1, 0.15) is 25.0 Å². The Labute approximate surface area is 89.2 Å². The molecule has 0 bridgehead atoms. The summed E-state index contributed by atoms with van der Waals surface area (Å²) in [6.07, 6.45) is 1.70. The number of rotatable bonds is 2. The minimum Gasteiger partial charge on any atom is -0.391 e. The van der Waals surface area contributed by atoms with Gasteiger partial charge in [0.2, 0.25) is 0 Å². The lowest BCUT2D eigenvalue weighted by atomic mass is 10.1. The molecule has 2 atom stereocenters. The van der Waals surface area contributed by atoms with Crippen molar-refractivity contribution in [2.75, 3.05) is 18.0 Å². The lowest BCUT2D eigenvalue weighted by Gasteiger charge is -2.20.